The number of hydrogen-bond donors (Lipinski definition) is 2. The Labute approximate surface area is 213 Å². The van der Waals surface area contributed by atoms with Crippen LogP contribution in [0.3, 0.4) is 0 Å². The standard InChI is InChI=1S/C22H26Br2N10/c1-12-9-14(22-30-18(24)16-20(26)28-5-8-34(16)22)32(10-12)11-31-6-2-3-13(31)21-29-17(23)15-19(25)27-4-7-33(15)21/h4-5,7-8,12-14H,2-3,6,9-11H2,1H3,(H2,25,27)(H2,26,28)/t12?,13-,14-/m0/s1. The Bertz CT molecular complexity index is 1380. The molecule has 6 heterocycles. The summed E-state index contributed by atoms with van der Waals surface area (Å²) >= 11 is 7.19. The number of nitrogens with zero attached hydrogens (tertiary/aromatic N) is 8. The van der Waals surface area contributed by atoms with Crippen molar-refractivity contribution in [2.24, 2.45) is 5.92 Å². The van der Waals surface area contributed by atoms with Crippen molar-refractivity contribution in [2.45, 2.75) is 38.3 Å². The Morgan fingerprint density at radius 1 is 0.912 bits per heavy atom. The highest BCUT2D eigenvalue weighted by molar-refractivity contribution is 9.10. The second kappa shape index (κ2) is 8.43. The van der Waals surface area contributed by atoms with E-state index >= 15 is 0 Å². The fourth-order valence-electron chi connectivity index (χ4n) is 5.63. The molecular weight excluding hydrogens is 564 g/mol. The zero-order valence-corrected chi connectivity index (χ0v) is 21.9. The molecule has 4 aromatic heterocycles. The fourth-order valence-corrected chi connectivity index (χ4v) is 6.79. The molecule has 4 N–H and O–H groups in total. The molecule has 34 heavy (non-hydrogen) atoms. The summed E-state index contributed by atoms with van der Waals surface area (Å²) in [6, 6.07) is 0.404. The summed E-state index contributed by atoms with van der Waals surface area (Å²) in [5.41, 5.74) is 14.0. The molecule has 178 valence electrons. The van der Waals surface area contributed by atoms with Crippen molar-refractivity contribution in [1.29, 1.82) is 0 Å². The molecule has 3 atom stereocenters. The zero-order chi connectivity index (χ0) is 23.6. The van der Waals surface area contributed by atoms with E-state index in [1.54, 1.807) is 12.4 Å². The SMILES string of the molecule is CC1C[C@@H](c2nc(Br)c3c(N)nccn23)N(CN2CCC[C@H]2c2nc(Br)c3c(N)nccn23)C1. The molecule has 2 aliphatic rings. The lowest BCUT2D eigenvalue weighted by atomic mass is 10.1. The third kappa shape index (κ3) is 3.50. The van der Waals surface area contributed by atoms with Crippen molar-refractivity contribution in [3.8, 4) is 0 Å². The van der Waals surface area contributed by atoms with E-state index < -0.39 is 0 Å². The molecule has 10 nitrogen and oxygen atoms in total. The van der Waals surface area contributed by atoms with Gasteiger partial charge in [0.2, 0.25) is 0 Å². The Hall–Kier alpha value is -2.28. The van der Waals surface area contributed by atoms with Gasteiger partial charge in [-0.1, -0.05) is 6.92 Å². The minimum Gasteiger partial charge on any atom is -0.382 e. The monoisotopic (exact) mass is 588 g/mol. The Balaban J connectivity index is 1.33. The van der Waals surface area contributed by atoms with Crippen LogP contribution in [0.4, 0.5) is 11.6 Å². The van der Waals surface area contributed by atoms with Crippen LogP contribution in [0.15, 0.2) is 34.0 Å². The normalized spacial score (nSPS) is 24.1. The van der Waals surface area contributed by atoms with Crippen molar-refractivity contribution in [2.75, 3.05) is 31.2 Å². The Morgan fingerprint density at radius 3 is 2.12 bits per heavy atom. The minimum absolute atomic E-state index is 0.195. The highest BCUT2D eigenvalue weighted by Crippen LogP contribution is 2.40. The van der Waals surface area contributed by atoms with Crippen LogP contribution in [0, 0.1) is 5.92 Å². The molecule has 0 aliphatic carbocycles. The molecular formula is C22H26Br2N10. The molecule has 4 aromatic rings. The van der Waals surface area contributed by atoms with E-state index in [9.17, 15) is 0 Å². The van der Waals surface area contributed by atoms with Crippen molar-refractivity contribution >= 4 is 54.5 Å². The van der Waals surface area contributed by atoms with E-state index in [0.29, 0.717) is 17.6 Å². The quantitative estimate of drug-likeness (QED) is 0.370. The second-order valence-corrected chi connectivity index (χ2v) is 10.8. The highest BCUT2D eigenvalue weighted by Gasteiger charge is 2.38. The van der Waals surface area contributed by atoms with E-state index in [4.69, 9.17) is 21.4 Å². The van der Waals surface area contributed by atoms with Gasteiger partial charge in [0, 0.05) is 37.9 Å². The van der Waals surface area contributed by atoms with Crippen LogP contribution in [-0.4, -0.2) is 58.3 Å². The number of aromatic nitrogens is 6. The molecule has 0 spiro atoms. The van der Waals surface area contributed by atoms with Gasteiger partial charge in [0.1, 0.15) is 31.9 Å². The number of likely N-dealkylation sites (tertiary alicyclic amines) is 2. The van der Waals surface area contributed by atoms with Gasteiger partial charge in [-0.25, -0.2) is 19.9 Å². The third-order valence-corrected chi connectivity index (χ3v) is 8.18. The Morgan fingerprint density at radius 2 is 1.50 bits per heavy atom. The first-order valence-electron chi connectivity index (χ1n) is 11.5. The number of hydrogen-bond acceptors (Lipinski definition) is 8. The third-order valence-electron chi connectivity index (χ3n) is 7.07. The topological polar surface area (TPSA) is 119 Å². The minimum atomic E-state index is 0.195. The van der Waals surface area contributed by atoms with E-state index in [1.165, 1.54) is 0 Å². The lowest BCUT2D eigenvalue weighted by Crippen LogP contribution is -2.38. The molecule has 6 rings (SSSR count). The van der Waals surface area contributed by atoms with Gasteiger partial charge in [0.15, 0.2) is 11.6 Å². The molecule has 0 saturated carbocycles. The molecule has 0 aromatic carbocycles. The van der Waals surface area contributed by atoms with Crippen molar-refractivity contribution in [1.82, 2.24) is 38.5 Å². The van der Waals surface area contributed by atoms with Gasteiger partial charge in [-0.2, -0.15) is 0 Å². The van der Waals surface area contributed by atoms with E-state index in [-0.39, 0.29) is 12.1 Å². The summed E-state index contributed by atoms with van der Waals surface area (Å²) in [5.74, 6) is 3.55. The van der Waals surface area contributed by atoms with Crippen molar-refractivity contribution in [3.05, 3.63) is 45.6 Å². The number of halogens is 2. The fraction of sp³-hybridized carbons (Fsp3) is 0.455. The first-order valence-corrected chi connectivity index (χ1v) is 13.0. The predicted octanol–water partition coefficient (Wildman–Crippen LogP) is 3.64. The van der Waals surface area contributed by atoms with Gasteiger partial charge in [-0.15, -0.1) is 0 Å². The number of nitrogens with two attached hydrogens (primary N) is 2. The highest BCUT2D eigenvalue weighted by atomic mass is 79.9. The molecule has 0 radical (unpaired) electrons. The average molecular weight is 590 g/mol. The van der Waals surface area contributed by atoms with Gasteiger partial charge >= 0.3 is 0 Å². The van der Waals surface area contributed by atoms with Crippen molar-refractivity contribution in [3.63, 3.8) is 0 Å². The summed E-state index contributed by atoms with van der Waals surface area (Å²) in [6.07, 6.45) is 10.6. The maximum absolute atomic E-state index is 6.15. The molecule has 0 bridgehead atoms. The van der Waals surface area contributed by atoms with E-state index in [2.05, 4.69) is 67.4 Å². The first kappa shape index (κ1) is 22.2. The van der Waals surface area contributed by atoms with Crippen LogP contribution in [0.1, 0.15) is 49.9 Å². The molecule has 12 heteroatoms. The second-order valence-electron chi connectivity index (χ2n) is 9.32. The zero-order valence-electron chi connectivity index (χ0n) is 18.8. The number of nitrogen functional groups attached to an aromatic ring is 2. The van der Waals surface area contributed by atoms with Crippen LogP contribution in [0.5, 0.6) is 0 Å². The molecule has 1 unspecified atom stereocenters. The summed E-state index contributed by atoms with van der Waals surface area (Å²) in [4.78, 5) is 23.3. The number of imidazole rings is 2. The van der Waals surface area contributed by atoms with E-state index in [1.807, 2.05) is 12.4 Å². The van der Waals surface area contributed by atoms with Crippen LogP contribution in [0.25, 0.3) is 11.0 Å². The summed E-state index contributed by atoms with van der Waals surface area (Å²) in [5, 5.41) is 0. The molecule has 2 fully saturated rings. The number of rotatable bonds is 4. The van der Waals surface area contributed by atoms with Crippen molar-refractivity contribution < 1.29 is 0 Å². The molecule has 2 aliphatic heterocycles. The predicted molar refractivity (Wildman–Crippen MR) is 137 cm³/mol. The largest absolute Gasteiger partial charge is 0.382 e. The smallest absolute Gasteiger partial charge is 0.150 e. The van der Waals surface area contributed by atoms with Gasteiger partial charge in [-0.3, -0.25) is 18.6 Å². The van der Waals surface area contributed by atoms with Crippen LogP contribution >= 0.6 is 31.9 Å². The van der Waals surface area contributed by atoms with Gasteiger partial charge in [0.05, 0.1) is 18.8 Å². The van der Waals surface area contributed by atoms with Gasteiger partial charge in [-0.05, 0) is 57.0 Å². The number of anilines is 2. The Kier molecular flexibility index (Phi) is 5.51. The molecule has 2 saturated heterocycles. The molecule has 0 amide bonds. The first-order chi connectivity index (χ1) is 16.4. The van der Waals surface area contributed by atoms with Crippen LogP contribution in [0.2, 0.25) is 0 Å². The summed E-state index contributed by atoms with van der Waals surface area (Å²) in [6.45, 7) is 5.20. The van der Waals surface area contributed by atoms with E-state index in [0.717, 1.165) is 70.9 Å². The van der Waals surface area contributed by atoms with Crippen LogP contribution < -0.4 is 11.5 Å². The lowest BCUT2D eigenvalue weighted by molar-refractivity contribution is 0.103. The maximum atomic E-state index is 6.15. The number of fused-ring (bicyclic) bond motifs is 2. The summed E-state index contributed by atoms with van der Waals surface area (Å²) < 4.78 is 5.65. The van der Waals surface area contributed by atoms with Gasteiger partial charge < -0.3 is 11.5 Å². The van der Waals surface area contributed by atoms with Crippen LogP contribution in [-0.2, 0) is 0 Å². The maximum Gasteiger partial charge on any atom is 0.150 e. The van der Waals surface area contributed by atoms with Gasteiger partial charge in [0.25, 0.3) is 0 Å². The average Bonchev–Trinajstić information content (AvgIpc) is 3.55. The lowest BCUT2D eigenvalue weighted by Gasteiger charge is -2.32. The summed E-state index contributed by atoms with van der Waals surface area (Å²) in [7, 11) is 0.